The molecule has 0 saturated heterocycles. The van der Waals surface area contributed by atoms with Crippen LogP contribution in [0.4, 0.5) is 17.6 Å². The summed E-state index contributed by atoms with van der Waals surface area (Å²) in [6.45, 7) is 3.86. The summed E-state index contributed by atoms with van der Waals surface area (Å²) in [5, 5.41) is 13.1. The molecular formula is C17H17ClN8O. The predicted octanol–water partition coefficient (Wildman–Crippen LogP) is 2.21. The van der Waals surface area contributed by atoms with Gasteiger partial charge in [0.1, 0.15) is 23.3 Å². The quantitative estimate of drug-likeness (QED) is 0.532. The number of fused-ring (bicyclic) bond motifs is 1. The molecular weight excluding hydrogens is 368 g/mol. The van der Waals surface area contributed by atoms with Crippen LogP contribution in [0.3, 0.4) is 0 Å². The summed E-state index contributed by atoms with van der Waals surface area (Å²) in [7, 11) is 0. The van der Waals surface area contributed by atoms with Gasteiger partial charge in [0.2, 0.25) is 5.95 Å². The molecule has 138 valence electrons. The highest BCUT2D eigenvalue weighted by molar-refractivity contribution is 6.35. The number of H-pyrrole nitrogens is 1. The smallest absolute Gasteiger partial charge is 0.260 e. The van der Waals surface area contributed by atoms with Gasteiger partial charge >= 0.3 is 0 Å². The Bertz CT molecular complexity index is 1120. The SMILES string of the molecule is CC(C)C(Nc1nc(N)nc(N)c1C#N)c1nc2cccc(Cl)c2c(=O)[nH]1. The van der Waals surface area contributed by atoms with Crippen molar-refractivity contribution in [1.29, 1.82) is 5.26 Å². The Kier molecular flexibility index (Phi) is 4.83. The summed E-state index contributed by atoms with van der Waals surface area (Å²) >= 11 is 6.10. The summed E-state index contributed by atoms with van der Waals surface area (Å²) in [6.07, 6.45) is 0. The van der Waals surface area contributed by atoms with E-state index in [1.807, 2.05) is 19.9 Å². The lowest BCUT2D eigenvalue weighted by atomic mass is 10.0. The van der Waals surface area contributed by atoms with Crippen molar-refractivity contribution < 1.29 is 0 Å². The molecule has 2 aromatic heterocycles. The Morgan fingerprint density at radius 3 is 2.67 bits per heavy atom. The van der Waals surface area contributed by atoms with Crippen LogP contribution in [0.15, 0.2) is 23.0 Å². The van der Waals surface area contributed by atoms with Crippen LogP contribution < -0.4 is 22.3 Å². The normalized spacial score (nSPS) is 12.1. The molecule has 0 aliphatic heterocycles. The molecule has 0 spiro atoms. The molecule has 0 aliphatic rings. The number of nitrogen functional groups attached to an aromatic ring is 2. The second-order valence-electron chi connectivity index (χ2n) is 6.25. The largest absolute Gasteiger partial charge is 0.382 e. The minimum absolute atomic E-state index is 0.0197. The Labute approximate surface area is 159 Å². The molecule has 2 heterocycles. The number of halogens is 1. The van der Waals surface area contributed by atoms with E-state index in [0.717, 1.165) is 0 Å². The lowest BCUT2D eigenvalue weighted by Gasteiger charge is -2.23. The topological polar surface area (TPSA) is 159 Å². The maximum atomic E-state index is 12.5. The van der Waals surface area contributed by atoms with E-state index < -0.39 is 6.04 Å². The zero-order valence-electron chi connectivity index (χ0n) is 14.6. The molecule has 9 nitrogen and oxygen atoms in total. The van der Waals surface area contributed by atoms with Crippen LogP contribution in [-0.4, -0.2) is 19.9 Å². The van der Waals surface area contributed by atoms with Crippen molar-refractivity contribution >= 4 is 40.1 Å². The number of nitrogens with two attached hydrogens (primary N) is 2. The summed E-state index contributed by atoms with van der Waals surface area (Å²) in [5.41, 5.74) is 11.6. The number of nitriles is 1. The Hall–Kier alpha value is -3.38. The first-order chi connectivity index (χ1) is 12.8. The molecule has 0 bridgehead atoms. The first-order valence-corrected chi connectivity index (χ1v) is 8.47. The van der Waals surface area contributed by atoms with Crippen molar-refractivity contribution in [3.63, 3.8) is 0 Å². The molecule has 0 amide bonds. The second kappa shape index (κ2) is 7.09. The summed E-state index contributed by atoms with van der Waals surface area (Å²) < 4.78 is 0. The lowest BCUT2D eigenvalue weighted by molar-refractivity contribution is 0.520. The van der Waals surface area contributed by atoms with E-state index in [0.29, 0.717) is 21.7 Å². The summed E-state index contributed by atoms with van der Waals surface area (Å²) in [4.78, 5) is 27.6. The number of aromatic amines is 1. The van der Waals surface area contributed by atoms with Crippen molar-refractivity contribution in [2.45, 2.75) is 19.9 Å². The molecule has 6 N–H and O–H groups in total. The van der Waals surface area contributed by atoms with Crippen molar-refractivity contribution in [3.05, 3.63) is 45.0 Å². The highest BCUT2D eigenvalue weighted by Gasteiger charge is 2.23. The third-order valence-corrected chi connectivity index (χ3v) is 4.34. The van der Waals surface area contributed by atoms with Crippen LogP contribution in [-0.2, 0) is 0 Å². The van der Waals surface area contributed by atoms with Crippen LogP contribution in [0.25, 0.3) is 10.9 Å². The predicted molar refractivity (Wildman–Crippen MR) is 104 cm³/mol. The number of benzene rings is 1. The molecule has 3 aromatic rings. The van der Waals surface area contributed by atoms with Gasteiger partial charge in [-0.3, -0.25) is 4.79 Å². The van der Waals surface area contributed by atoms with Crippen LogP contribution >= 0.6 is 11.6 Å². The number of rotatable bonds is 4. The van der Waals surface area contributed by atoms with Gasteiger partial charge in [0.15, 0.2) is 5.82 Å². The zero-order chi connectivity index (χ0) is 19.7. The van der Waals surface area contributed by atoms with E-state index in [9.17, 15) is 10.1 Å². The molecule has 0 saturated carbocycles. The second-order valence-corrected chi connectivity index (χ2v) is 6.66. The molecule has 1 unspecified atom stereocenters. The Balaban J connectivity index is 2.12. The van der Waals surface area contributed by atoms with Gasteiger partial charge in [-0.2, -0.15) is 15.2 Å². The van der Waals surface area contributed by atoms with E-state index in [1.54, 1.807) is 18.2 Å². The van der Waals surface area contributed by atoms with Gasteiger partial charge in [0.05, 0.1) is 22.0 Å². The van der Waals surface area contributed by atoms with Crippen LogP contribution in [0.5, 0.6) is 0 Å². The standard InChI is InChI=1S/C17H17ClN8O/c1-7(2)12(23-14-8(6-19)13(20)24-17(21)26-14)15-22-10-5-3-4-9(18)11(10)16(27)25-15/h3-5,7,12H,1-2H3,(H,22,25,27)(H5,20,21,23,24,26). The van der Waals surface area contributed by atoms with Gasteiger partial charge in [-0.05, 0) is 18.1 Å². The van der Waals surface area contributed by atoms with Crippen molar-refractivity contribution in [2.75, 3.05) is 16.8 Å². The van der Waals surface area contributed by atoms with Gasteiger partial charge in [0.25, 0.3) is 5.56 Å². The van der Waals surface area contributed by atoms with E-state index in [1.165, 1.54) is 0 Å². The zero-order valence-corrected chi connectivity index (χ0v) is 15.4. The molecule has 10 heteroatoms. The van der Waals surface area contributed by atoms with Crippen molar-refractivity contribution in [1.82, 2.24) is 19.9 Å². The number of hydrogen-bond acceptors (Lipinski definition) is 8. The molecule has 1 aromatic carbocycles. The van der Waals surface area contributed by atoms with Crippen LogP contribution in [0, 0.1) is 17.2 Å². The van der Waals surface area contributed by atoms with Crippen LogP contribution in [0.1, 0.15) is 31.3 Å². The highest BCUT2D eigenvalue weighted by atomic mass is 35.5. The molecule has 27 heavy (non-hydrogen) atoms. The minimum Gasteiger partial charge on any atom is -0.382 e. The van der Waals surface area contributed by atoms with E-state index in [2.05, 4.69) is 25.3 Å². The van der Waals surface area contributed by atoms with Gasteiger partial charge in [-0.15, -0.1) is 0 Å². The average Bonchev–Trinajstić information content (AvgIpc) is 2.58. The maximum Gasteiger partial charge on any atom is 0.260 e. The number of nitrogens with one attached hydrogen (secondary N) is 2. The number of aromatic nitrogens is 4. The molecule has 0 radical (unpaired) electrons. The summed E-state index contributed by atoms with van der Waals surface area (Å²) in [6, 6.07) is 6.54. The Morgan fingerprint density at radius 1 is 1.26 bits per heavy atom. The van der Waals surface area contributed by atoms with E-state index in [4.69, 9.17) is 23.1 Å². The average molecular weight is 385 g/mol. The number of hydrogen-bond donors (Lipinski definition) is 4. The molecule has 1 atom stereocenters. The number of anilines is 3. The third kappa shape index (κ3) is 3.47. The van der Waals surface area contributed by atoms with Crippen LogP contribution in [0.2, 0.25) is 5.02 Å². The third-order valence-electron chi connectivity index (χ3n) is 4.02. The van der Waals surface area contributed by atoms with E-state index in [-0.39, 0.29) is 34.6 Å². The van der Waals surface area contributed by atoms with Crippen molar-refractivity contribution in [3.8, 4) is 6.07 Å². The fraction of sp³-hybridized carbons (Fsp3) is 0.235. The van der Waals surface area contributed by atoms with Gasteiger partial charge in [-0.1, -0.05) is 31.5 Å². The molecule has 0 fully saturated rings. The molecule has 0 aliphatic carbocycles. The first-order valence-electron chi connectivity index (χ1n) is 8.10. The molecule has 3 rings (SSSR count). The highest BCUT2D eigenvalue weighted by Crippen LogP contribution is 2.28. The fourth-order valence-corrected chi connectivity index (χ4v) is 2.98. The maximum absolute atomic E-state index is 12.5. The van der Waals surface area contributed by atoms with Gasteiger partial charge in [-0.25, -0.2) is 4.98 Å². The lowest BCUT2D eigenvalue weighted by Crippen LogP contribution is -2.25. The van der Waals surface area contributed by atoms with Gasteiger partial charge < -0.3 is 21.8 Å². The minimum atomic E-state index is -0.470. The first kappa shape index (κ1) is 18.4. The number of nitrogens with zero attached hydrogens (tertiary/aromatic N) is 4. The van der Waals surface area contributed by atoms with Gasteiger partial charge in [0, 0.05) is 0 Å². The van der Waals surface area contributed by atoms with E-state index >= 15 is 0 Å². The Morgan fingerprint density at radius 2 is 2.00 bits per heavy atom. The summed E-state index contributed by atoms with van der Waals surface area (Å²) in [5.74, 6) is 0.443. The fourth-order valence-electron chi connectivity index (χ4n) is 2.72. The van der Waals surface area contributed by atoms with Crippen molar-refractivity contribution in [2.24, 2.45) is 5.92 Å². The monoisotopic (exact) mass is 384 g/mol.